The Morgan fingerprint density at radius 1 is 1.55 bits per heavy atom. The molecule has 0 N–H and O–H groups in total. The summed E-state index contributed by atoms with van der Waals surface area (Å²) >= 11 is 3.85. The summed E-state index contributed by atoms with van der Waals surface area (Å²) in [6.45, 7) is 4.81. The van der Waals surface area contributed by atoms with E-state index < -0.39 is 0 Å². The summed E-state index contributed by atoms with van der Waals surface area (Å²) in [4.78, 5) is 4.33. The van der Waals surface area contributed by atoms with Crippen LogP contribution in [-0.4, -0.2) is 11.6 Å². The highest BCUT2D eigenvalue weighted by Crippen LogP contribution is 2.28. The second kappa shape index (κ2) is 4.25. The highest BCUT2D eigenvalue weighted by molar-refractivity contribution is 14.1. The average Bonchev–Trinajstić information content (AvgIpc) is 2.33. The Kier molecular flexibility index (Phi) is 3.58. The highest BCUT2D eigenvalue weighted by atomic mass is 127. The minimum atomic E-state index is 0.724. The largest absolute Gasteiger partial charge is 0.482 e. The lowest BCUT2D eigenvalue weighted by Crippen LogP contribution is -1.89. The summed E-state index contributed by atoms with van der Waals surface area (Å²) in [6.07, 6.45) is 0.994. The first kappa shape index (κ1) is 9.25. The first-order valence-electron chi connectivity index (χ1n) is 3.56. The smallest absolute Gasteiger partial charge is 0.208 e. The van der Waals surface area contributed by atoms with Crippen molar-refractivity contribution in [3.8, 4) is 5.06 Å². The van der Waals surface area contributed by atoms with Gasteiger partial charge in [-0.05, 0) is 35.9 Å². The third-order valence-corrected chi connectivity index (χ3v) is 3.39. The third kappa shape index (κ3) is 2.30. The van der Waals surface area contributed by atoms with Crippen LogP contribution in [0.25, 0.3) is 0 Å². The Morgan fingerprint density at radius 3 is 2.73 bits per heavy atom. The molecule has 0 bridgehead atoms. The van der Waals surface area contributed by atoms with Crippen LogP contribution in [0.15, 0.2) is 0 Å². The van der Waals surface area contributed by atoms with Crippen molar-refractivity contribution in [3.05, 3.63) is 8.71 Å². The Morgan fingerprint density at radius 2 is 2.27 bits per heavy atom. The van der Waals surface area contributed by atoms with E-state index in [9.17, 15) is 0 Å². The van der Waals surface area contributed by atoms with Crippen LogP contribution >= 0.6 is 33.9 Å². The topological polar surface area (TPSA) is 22.1 Å². The Bertz CT molecular complexity index is 236. The summed E-state index contributed by atoms with van der Waals surface area (Å²) in [5.74, 6) is 0. The molecule has 11 heavy (non-hydrogen) atoms. The SMILES string of the molecule is CCOc1sc(CC)nc1I. The molecule has 0 fully saturated rings. The predicted molar refractivity (Wildman–Crippen MR) is 55.4 cm³/mol. The van der Waals surface area contributed by atoms with Gasteiger partial charge < -0.3 is 4.74 Å². The lowest BCUT2D eigenvalue weighted by Gasteiger charge is -1.95. The van der Waals surface area contributed by atoms with Crippen LogP contribution in [0.3, 0.4) is 0 Å². The van der Waals surface area contributed by atoms with Gasteiger partial charge >= 0.3 is 0 Å². The second-order valence-electron chi connectivity index (χ2n) is 1.97. The van der Waals surface area contributed by atoms with E-state index in [1.807, 2.05) is 6.92 Å². The van der Waals surface area contributed by atoms with Gasteiger partial charge in [0.25, 0.3) is 0 Å². The van der Waals surface area contributed by atoms with Gasteiger partial charge in [-0.1, -0.05) is 18.3 Å². The number of halogens is 1. The molecule has 0 saturated heterocycles. The summed E-state index contributed by atoms with van der Waals surface area (Å²) in [6, 6.07) is 0. The molecule has 0 atom stereocenters. The minimum Gasteiger partial charge on any atom is -0.482 e. The molecule has 1 rings (SSSR count). The predicted octanol–water partition coefficient (Wildman–Crippen LogP) is 2.71. The first-order chi connectivity index (χ1) is 5.27. The monoisotopic (exact) mass is 283 g/mol. The maximum absolute atomic E-state index is 5.37. The number of aromatic nitrogens is 1. The molecule has 2 nitrogen and oxygen atoms in total. The second-order valence-corrected chi connectivity index (χ2v) is 4.04. The van der Waals surface area contributed by atoms with Crippen LogP contribution in [0, 0.1) is 3.70 Å². The van der Waals surface area contributed by atoms with Crippen LogP contribution < -0.4 is 4.74 Å². The van der Waals surface area contributed by atoms with Gasteiger partial charge in [0.05, 0.1) is 11.6 Å². The molecule has 0 spiro atoms. The summed E-state index contributed by atoms with van der Waals surface area (Å²) in [5, 5.41) is 2.11. The van der Waals surface area contributed by atoms with Gasteiger partial charge in [-0.25, -0.2) is 4.98 Å². The normalized spacial score (nSPS) is 10.1. The molecule has 0 saturated carbocycles. The number of hydrogen-bond donors (Lipinski definition) is 0. The molecule has 62 valence electrons. The van der Waals surface area contributed by atoms with E-state index in [2.05, 4.69) is 34.5 Å². The fourth-order valence-electron chi connectivity index (χ4n) is 0.698. The molecule has 1 aromatic heterocycles. The van der Waals surface area contributed by atoms with E-state index in [0.717, 1.165) is 26.8 Å². The number of ether oxygens (including phenoxy) is 1. The van der Waals surface area contributed by atoms with E-state index in [4.69, 9.17) is 4.74 Å². The number of rotatable bonds is 3. The molecule has 0 aliphatic carbocycles. The summed E-state index contributed by atoms with van der Waals surface area (Å²) < 4.78 is 6.36. The molecule has 0 aromatic carbocycles. The van der Waals surface area contributed by atoms with Crippen molar-refractivity contribution in [1.82, 2.24) is 4.98 Å². The molecule has 0 unspecified atom stereocenters. The van der Waals surface area contributed by atoms with E-state index in [-0.39, 0.29) is 0 Å². The molecular formula is C7H10INOS. The fraction of sp³-hybridized carbons (Fsp3) is 0.571. The Hall–Kier alpha value is 0.160. The van der Waals surface area contributed by atoms with Gasteiger partial charge in [-0.3, -0.25) is 0 Å². The van der Waals surface area contributed by atoms with Gasteiger partial charge in [0, 0.05) is 0 Å². The van der Waals surface area contributed by atoms with Crippen LogP contribution in [0.5, 0.6) is 5.06 Å². The maximum Gasteiger partial charge on any atom is 0.208 e. The minimum absolute atomic E-state index is 0.724. The van der Waals surface area contributed by atoms with Crippen LogP contribution in [0.1, 0.15) is 18.9 Å². The van der Waals surface area contributed by atoms with Gasteiger partial charge in [-0.15, -0.1) is 0 Å². The van der Waals surface area contributed by atoms with E-state index in [1.165, 1.54) is 0 Å². The van der Waals surface area contributed by atoms with Gasteiger partial charge in [0.1, 0.15) is 0 Å². The van der Waals surface area contributed by atoms with Crippen LogP contribution in [-0.2, 0) is 6.42 Å². The zero-order valence-corrected chi connectivity index (χ0v) is 9.53. The van der Waals surface area contributed by atoms with E-state index >= 15 is 0 Å². The molecule has 0 aliphatic rings. The first-order valence-corrected chi connectivity index (χ1v) is 5.45. The zero-order chi connectivity index (χ0) is 8.27. The molecule has 0 amide bonds. The highest BCUT2D eigenvalue weighted by Gasteiger charge is 2.06. The zero-order valence-electron chi connectivity index (χ0n) is 6.56. The number of thiazole rings is 1. The van der Waals surface area contributed by atoms with Crippen molar-refractivity contribution in [2.24, 2.45) is 0 Å². The molecule has 1 aromatic rings. The summed E-state index contributed by atoms with van der Waals surface area (Å²) in [5.41, 5.74) is 0. The quantitative estimate of drug-likeness (QED) is 0.796. The van der Waals surface area contributed by atoms with E-state index in [1.54, 1.807) is 11.3 Å². The third-order valence-electron chi connectivity index (χ3n) is 1.18. The average molecular weight is 283 g/mol. The lowest BCUT2D eigenvalue weighted by atomic mass is 10.5. The lowest BCUT2D eigenvalue weighted by molar-refractivity contribution is 0.347. The number of aryl methyl sites for hydroxylation is 1. The summed E-state index contributed by atoms with van der Waals surface area (Å²) in [7, 11) is 0. The van der Waals surface area contributed by atoms with Crippen LogP contribution in [0.4, 0.5) is 0 Å². The van der Waals surface area contributed by atoms with Crippen molar-refractivity contribution >= 4 is 33.9 Å². The van der Waals surface area contributed by atoms with Crippen LogP contribution in [0.2, 0.25) is 0 Å². The fourth-order valence-corrected chi connectivity index (χ4v) is 2.44. The molecule has 0 aliphatic heterocycles. The maximum atomic E-state index is 5.37. The molecular weight excluding hydrogens is 273 g/mol. The van der Waals surface area contributed by atoms with Crippen molar-refractivity contribution in [2.75, 3.05) is 6.61 Å². The Labute approximate surface area is 84.1 Å². The van der Waals surface area contributed by atoms with Gasteiger partial charge in [-0.2, -0.15) is 0 Å². The molecule has 4 heteroatoms. The van der Waals surface area contributed by atoms with Crippen molar-refractivity contribution in [1.29, 1.82) is 0 Å². The number of hydrogen-bond acceptors (Lipinski definition) is 3. The van der Waals surface area contributed by atoms with Crippen molar-refractivity contribution < 1.29 is 4.74 Å². The molecule has 1 heterocycles. The van der Waals surface area contributed by atoms with Crippen molar-refractivity contribution in [2.45, 2.75) is 20.3 Å². The van der Waals surface area contributed by atoms with Gasteiger partial charge in [0.2, 0.25) is 5.06 Å². The molecule has 0 radical (unpaired) electrons. The van der Waals surface area contributed by atoms with Gasteiger partial charge in [0.15, 0.2) is 3.70 Å². The number of nitrogens with zero attached hydrogens (tertiary/aromatic N) is 1. The van der Waals surface area contributed by atoms with E-state index in [0.29, 0.717) is 0 Å². The van der Waals surface area contributed by atoms with Crippen molar-refractivity contribution in [3.63, 3.8) is 0 Å². The Balaban J connectivity index is 2.79. The standard InChI is InChI=1S/C7H10INOS/c1-3-5-9-6(8)7(11-5)10-4-2/h3-4H2,1-2H3.